The third-order valence-corrected chi connectivity index (χ3v) is 3.02. The Labute approximate surface area is 100 Å². The van der Waals surface area contributed by atoms with Crippen molar-refractivity contribution in [3.8, 4) is 0 Å². The minimum atomic E-state index is 0.0665. The molecule has 0 saturated carbocycles. The van der Waals surface area contributed by atoms with E-state index >= 15 is 0 Å². The van der Waals surface area contributed by atoms with Crippen LogP contribution in [0.3, 0.4) is 0 Å². The van der Waals surface area contributed by atoms with Gasteiger partial charge in [-0.2, -0.15) is 0 Å². The SMILES string of the molecule is CCC(C)CC(=O)c1cc(Cl)ccc1Cl. The minimum absolute atomic E-state index is 0.0665. The molecule has 1 nitrogen and oxygen atoms in total. The second-order valence-corrected chi connectivity index (χ2v) is 4.61. The molecule has 0 spiro atoms. The number of halogens is 2. The van der Waals surface area contributed by atoms with Gasteiger partial charge in [-0.15, -0.1) is 0 Å². The van der Waals surface area contributed by atoms with Crippen molar-refractivity contribution in [1.82, 2.24) is 0 Å². The van der Waals surface area contributed by atoms with Gasteiger partial charge in [-0.3, -0.25) is 4.79 Å². The van der Waals surface area contributed by atoms with Gasteiger partial charge in [0.25, 0.3) is 0 Å². The molecule has 0 aromatic heterocycles. The predicted molar refractivity (Wildman–Crippen MR) is 64.9 cm³/mol. The van der Waals surface area contributed by atoms with Crippen LogP contribution in [0.1, 0.15) is 37.0 Å². The lowest BCUT2D eigenvalue weighted by molar-refractivity contribution is 0.0964. The first-order chi connectivity index (χ1) is 7.04. The van der Waals surface area contributed by atoms with E-state index in [0.29, 0.717) is 27.9 Å². The van der Waals surface area contributed by atoms with Gasteiger partial charge in [-0.1, -0.05) is 43.5 Å². The second-order valence-electron chi connectivity index (χ2n) is 3.76. The summed E-state index contributed by atoms with van der Waals surface area (Å²) >= 11 is 11.8. The highest BCUT2D eigenvalue weighted by Gasteiger charge is 2.13. The van der Waals surface area contributed by atoms with Crippen molar-refractivity contribution in [2.24, 2.45) is 5.92 Å². The topological polar surface area (TPSA) is 17.1 Å². The largest absolute Gasteiger partial charge is 0.294 e. The van der Waals surface area contributed by atoms with Crippen LogP contribution in [0.25, 0.3) is 0 Å². The van der Waals surface area contributed by atoms with E-state index in [0.717, 1.165) is 6.42 Å². The molecule has 3 heteroatoms. The van der Waals surface area contributed by atoms with Crippen LogP contribution in [0.4, 0.5) is 0 Å². The molecule has 0 amide bonds. The molecular formula is C12H14Cl2O. The first-order valence-corrected chi connectivity index (χ1v) is 5.78. The highest BCUT2D eigenvalue weighted by molar-refractivity contribution is 6.35. The molecular weight excluding hydrogens is 231 g/mol. The predicted octanol–water partition coefficient (Wildman–Crippen LogP) is 4.61. The zero-order chi connectivity index (χ0) is 11.4. The molecule has 0 N–H and O–H groups in total. The van der Waals surface area contributed by atoms with Gasteiger partial charge in [0.05, 0.1) is 5.02 Å². The van der Waals surface area contributed by atoms with E-state index in [1.165, 1.54) is 0 Å². The number of benzene rings is 1. The first kappa shape index (κ1) is 12.5. The highest BCUT2D eigenvalue weighted by Crippen LogP contribution is 2.23. The number of ketones is 1. The highest BCUT2D eigenvalue weighted by atomic mass is 35.5. The summed E-state index contributed by atoms with van der Waals surface area (Å²) in [4.78, 5) is 11.8. The van der Waals surface area contributed by atoms with Crippen LogP contribution in [-0.4, -0.2) is 5.78 Å². The molecule has 0 fully saturated rings. The molecule has 1 aromatic carbocycles. The van der Waals surface area contributed by atoms with Crippen molar-refractivity contribution < 1.29 is 4.79 Å². The summed E-state index contributed by atoms with van der Waals surface area (Å²) in [5.74, 6) is 0.449. The van der Waals surface area contributed by atoms with E-state index in [9.17, 15) is 4.79 Å². The van der Waals surface area contributed by atoms with Gasteiger partial charge in [-0.25, -0.2) is 0 Å². The fourth-order valence-corrected chi connectivity index (χ4v) is 1.68. The minimum Gasteiger partial charge on any atom is -0.294 e. The Kier molecular flexibility index (Phi) is 4.62. The molecule has 1 rings (SSSR count). The van der Waals surface area contributed by atoms with E-state index < -0.39 is 0 Å². The summed E-state index contributed by atoms with van der Waals surface area (Å²) in [6, 6.07) is 4.98. The number of carbonyl (C=O) groups is 1. The summed E-state index contributed by atoms with van der Waals surface area (Å²) in [6.45, 7) is 4.12. The lowest BCUT2D eigenvalue weighted by atomic mass is 9.98. The number of hydrogen-bond donors (Lipinski definition) is 0. The van der Waals surface area contributed by atoms with E-state index in [1.54, 1.807) is 18.2 Å². The van der Waals surface area contributed by atoms with Crippen LogP contribution in [-0.2, 0) is 0 Å². The van der Waals surface area contributed by atoms with Crippen molar-refractivity contribution >= 4 is 29.0 Å². The van der Waals surface area contributed by atoms with Crippen LogP contribution in [0.2, 0.25) is 10.0 Å². The summed E-state index contributed by atoms with van der Waals surface area (Å²) < 4.78 is 0. The molecule has 1 aromatic rings. The molecule has 0 aliphatic carbocycles. The third-order valence-electron chi connectivity index (χ3n) is 2.46. The quantitative estimate of drug-likeness (QED) is 0.708. The summed E-state index contributed by atoms with van der Waals surface area (Å²) in [7, 11) is 0. The third kappa shape index (κ3) is 3.51. The zero-order valence-electron chi connectivity index (χ0n) is 8.89. The van der Waals surface area contributed by atoms with E-state index in [1.807, 2.05) is 0 Å². The summed E-state index contributed by atoms with van der Waals surface area (Å²) in [6.07, 6.45) is 1.51. The maximum absolute atomic E-state index is 11.8. The van der Waals surface area contributed by atoms with Crippen molar-refractivity contribution in [1.29, 1.82) is 0 Å². The molecule has 0 aliphatic rings. The standard InChI is InChI=1S/C12H14Cl2O/c1-3-8(2)6-12(15)10-7-9(13)4-5-11(10)14/h4-5,7-8H,3,6H2,1-2H3. The van der Waals surface area contributed by atoms with Gasteiger partial charge >= 0.3 is 0 Å². The lowest BCUT2D eigenvalue weighted by Gasteiger charge is -2.08. The van der Waals surface area contributed by atoms with Crippen LogP contribution in [0, 0.1) is 5.92 Å². The molecule has 0 bridgehead atoms. The van der Waals surface area contributed by atoms with Crippen LogP contribution in [0.5, 0.6) is 0 Å². The Hall–Kier alpha value is -0.530. The zero-order valence-corrected chi connectivity index (χ0v) is 10.4. The average molecular weight is 245 g/mol. The lowest BCUT2D eigenvalue weighted by Crippen LogP contribution is -2.05. The normalized spacial score (nSPS) is 12.5. The smallest absolute Gasteiger partial charge is 0.164 e. The number of rotatable bonds is 4. The molecule has 82 valence electrons. The number of carbonyl (C=O) groups excluding carboxylic acids is 1. The Bertz CT molecular complexity index is 361. The maximum Gasteiger partial charge on any atom is 0.164 e. The maximum atomic E-state index is 11.8. The molecule has 0 aliphatic heterocycles. The molecule has 0 heterocycles. The first-order valence-electron chi connectivity index (χ1n) is 5.02. The van der Waals surface area contributed by atoms with E-state index in [4.69, 9.17) is 23.2 Å². The van der Waals surface area contributed by atoms with Crippen molar-refractivity contribution in [2.45, 2.75) is 26.7 Å². The van der Waals surface area contributed by atoms with Gasteiger partial charge in [0.1, 0.15) is 0 Å². The van der Waals surface area contributed by atoms with Crippen LogP contribution in [0.15, 0.2) is 18.2 Å². The van der Waals surface area contributed by atoms with Gasteiger partial charge < -0.3 is 0 Å². The molecule has 1 atom stereocenters. The van der Waals surface area contributed by atoms with Crippen molar-refractivity contribution in [2.75, 3.05) is 0 Å². The Morgan fingerprint density at radius 2 is 2.07 bits per heavy atom. The van der Waals surface area contributed by atoms with Crippen molar-refractivity contribution in [3.63, 3.8) is 0 Å². The molecule has 1 unspecified atom stereocenters. The fraction of sp³-hybridized carbons (Fsp3) is 0.417. The Morgan fingerprint density at radius 3 is 2.67 bits per heavy atom. The Balaban J connectivity index is 2.86. The van der Waals surface area contributed by atoms with Gasteiger partial charge in [0.15, 0.2) is 5.78 Å². The molecule has 0 radical (unpaired) electrons. The van der Waals surface area contributed by atoms with Gasteiger partial charge in [0.2, 0.25) is 0 Å². The fourth-order valence-electron chi connectivity index (χ4n) is 1.28. The van der Waals surface area contributed by atoms with Gasteiger partial charge in [-0.05, 0) is 24.1 Å². The van der Waals surface area contributed by atoms with Crippen molar-refractivity contribution in [3.05, 3.63) is 33.8 Å². The Morgan fingerprint density at radius 1 is 1.40 bits per heavy atom. The van der Waals surface area contributed by atoms with Crippen LogP contribution < -0.4 is 0 Å². The summed E-state index contributed by atoms with van der Waals surface area (Å²) in [5.41, 5.74) is 0.532. The van der Waals surface area contributed by atoms with Gasteiger partial charge in [0, 0.05) is 17.0 Å². The van der Waals surface area contributed by atoms with Crippen LogP contribution >= 0.6 is 23.2 Å². The number of Topliss-reactive ketones (excluding diaryl/α,β-unsaturated/α-hetero) is 1. The van der Waals surface area contributed by atoms with E-state index in [-0.39, 0.29) is 5.78 Å². The molecule has 15 heavy (non-hydrogen) atoms. The monoisotopic (exact) mass is 244 g/mol. The molecule has 0 saturated heterocycles. The van der Waals surface area contributed by atoms with E-state index in [2.05, 4.69) is 13.8 Å². The number of hydrogen-bond acceptors (Lipinski definition) is 1. The average Bonchev–Trinajstić information content (AvgIpc) is 2.21. The second kappa shape index (κ2) is 5.53. The summed E-state index contributed by atoms with van der Waals surface area (Å²) in [5, 5.41) is 1.03.